The molecule has 0 aliphatic heterocycles. The zero-order valence-corrected chi connectivity index (χ0v) is 17.2. The third-order valence-corrected chi connectivity index (χ3v) is 4.71. The second-order valence-electron chi connectivity index (χ2n) is 8.14. The van der Waals surface area contributed by atoms with Gasteiger partial charge in [0.2, 0.25) is 5.91 Å². The van der Waals surface area contributed by atoms with Crippen LogP contribution < -0.4 is 15.8 Å². The number of aliphatic hydroxyl groups is 1. The molecular weight excluding hydrogens is 344 g/mol. The third-order valence-electron chi connectivity index (χ3n) is 4.71. The fourth-order valence-corrected chi connectivity index (χ4v) is 2.73. The second-order valence-corrected chi connectivity index (χ2v) is 8.14. The van der Waals surface area contributed by atoms with Gasteiger partial charge in [-0.15, -0.1) is 0 Å². The Morgan fingerprint density at radius 1 is 1.30 bits per heavy atom. The quantitative estimate of drug-likeness (QED) is 0.514. The van der Waals surface area contributed by atoms with Gasteiger partial charge in [-0.2, -0.15) is 0 Å². The number of ether oxygens (including phenoxy) is 1. The molecule has 0 bridgehead atoms. The number of ketones is 1. The summed E-state index contributed by atoms with van der Waals surface area (Å²) in [4.78, 5) is 24.4. The SMILES string of the molecule is COc1cc(C(=O)C(N)CC[C@@H](C)CNC(=O)CC(C)(C)CO)ccc1C. The number of amides is 1. The summed E-state index contributed by atoms with van der Waals surface area (Å²) < 4.78 is 5.26. The molecule has 0 heterocycles. The molecule has 6 heteroatoms. The first-order valence-corrected chi connectivity index (χ1v) is 9.41. The van der Waals surface area contributed by atoms with Crippen molar-refractivity contribution in [1.82, 2.24) is 5.32 Å². The largest absolute Gasteiger partial charge is 0.496 e. The summed E-state index contributed by atoms with van der Waals surface area (Å²) in [6.45, 7) is 8.13. The minimum absolute atomic E-state index is 0.0310. The van der Waals surface area contributed by atoms with Gasteiger partial charge in [-0.25, -0.2) is 0 Å². The van der Waals surface area contributed by atoms with Crippen LogP contribution in [-0.2, 0) is 4.79 Å². The number of hydrogen-bond acceptors (Lipinski definition) is 5. The Morgan fingerprint density at radius 2 is 1.96 bits per heavy atom. The van der Waals surface area contributed by atoms with Gasteiger partial charge in [0, 0.05) is 25.1 Å². The predicted molar refractivity (Wildman–Crippen MR) is 107 cm³/mol. The van der Waals surface area contributed by atoms with E-state index < -0.39 is 11.5 Å². The fraction of sp³-hybridized carbons (Fsp3) is 0.619. The number of methoxy groups -OCH3 is 1. The van der Waals surface area contributed by atoms with Crippen LogP contribution in [0.4, 0.5) is 0 Å². The van der Waals surface area contributed by atoms with Crippen molar-refractivity contribution < 1.29 is 19.4 Å². The molecule has 0 saturated heterocycles. The fourth-order valence-electron chi connectivity index (χ4n) is 2.73. The van der Waals surface area contributed by atoms with Crippen LogP contribution in [0.2, 0.25) is 0 Å². The van der Waals surface area contributed by atoms with E-state index in [0.29, 0.717) is 24.3 Å². The van der Waals surface area contributed by atoms with E-state index in [9.17, 15) is 14.7 Å². The summed E-state index contributed by atoms with van der Waals surface area (Å²) in [5.41, 5.74) is 7.18. The first kappa shape index (κ1) is 23.1. The smallest absolute Gasteiger partial charge is 0.220 e. The molecule has 0 aliphatic rings. The molecule has 0 spiro atoms. The molecule has 1 amide bonds. The van der Waals surface area contributed by atoms with Crippen molar-refractivity contribution in [2.45, 2.75) is 53.0 Å². The van der Waals surface area contributed by atoms with Gasteiger partial charge < -0.3 is 20.9 Å². The van der Waals surface area contributed by atoms with E-state index in [1.54, 1.807) is 19.2 Å². The van der Waals surface area contributed by atoms with E-state index in [1.807, 2.05) is 33.8 Å². The number of Topliss-reactive ketones (excluding diaryl/α,β-unsaturated/α-hetero) is 1. The molecule has 0 fully saturated rings. The molecular formula is C21H34N2O4. The van der Waals surface area contributed by atoms with Gasteiger partial charge in [0.05, 0.1) is 13.2 Å². The molecule has 27 heavy (non-hydrogen) atoms. The number of carbonyl (C=O) groups is 2. The average Bonchev–Trinajstić information content (AvgIpc) is 2.63. The number of carbonyl (C=O) groups excluding carboxylic acids is 2. The lowest BCUT2D eigenvalue weighted by Crippen LogP contribution is -2.34. The lowest BCUT2D eigenvalue weighted by atomic mass is 9.90. The molecule has 0 saturated carbocycles. The maximum absolute atomic E-state index is 12.5. The number of aryl methyl sites for hydroxylation is 1. The third kappa shape index (κ3) is 7.69. The zero-order valence-electron chi connectivity index (χ0n) is 17.2. The van der Waals surface area contributed by atoms with Gasteiger partial charge in [-0.3, -0.25) is 9.59 Å². The minimum Gasteiger partial charge on any atom is -0.496 e. The number of benzene rings is 1. The Balaban J connectivity index is 2.45. The summed E-state index contributed by atoms with van der Waals surface area (Å²) in [7, 11) is 1.58. The number of hydrogen-bond donors (Lipinski definition) is 3. The first-order valence-electron chi connectivity index (χ1n) is 9.41. The van der Waals surface area contributed by atoms with Gasteiger partial charge in [0.25, 0.3) is 0 Å². The van der Waals surface area contributed by atoms with Crippen LogP contribution in [0.25, 0.3) is 0 Å². The van der Waals surface area contributed by atoms with Crippen LogP contribution in [-0.4, -0.2) is 43.1 Å². The molecule has 1 unspecified atom stereocenters. The van der Waals surface area contributed by atoms with Crippen LogP contribution in [0.15, 0.2) is 18.2 Å². The standard InChI is InChI=1S/C21H34N2O4/c1-14(12-23-19(25)11-21(3,4)13-24)6-9-17(22)20(26)16-8-7-15(2)18(10-16)27-5/h7-8,10,14,17,24H,6,9,11-13,22H2,1-5H3,(H,23,25)/t14-,17?/m1/s1. The van der Waals surface area contributed by atoms with Crippen molar-refractivity contribution in [2.75, 3.05) is 20.3 Å². The Labute approximate surface area is 162 Å². The van der Waals surface area contributed by atoms with Crippen molar-refractivity contribution in [3.63, 3.8) is 0 Å². The summed E-state index contributed by atoms with van der Waals surface area (Å²) in [5.74, 6) is 0.704. The highest BCUT2D eigenvalue weighted by molar-refractivity contribution is 6.00. The van der Waals surface area contributed by atoms with E-state index in [2.05, 4.69) is 5.32 Å². The number of nitrogens with two attached hydrogens (primary N) is 1. The predicted octanol–water partition coefficient (Wildman–Crippen LogP) is 2.45. The highest BCUT2D eigenvalue weighted by atomic mass is 16.5. The highest BCUT2D eigenvalue weighted by Gasteiger charge is 2.21. The second kappa shape index (κ2) is 10.4. The maximum atomic E-state index is 12.5. The van der Waals surface area contributed by atoms with E-state index in [-0.39, 0.29) is 30.6 Å². The molecule has 4 N–H and O–H groups in total. The lowest BCUT2D eigenvalue weighted by molar-refractivity contribution is -0.123. The molecule has 1 aromatic carbocycles. The molecule has 2 atom stereocenters. The van der Waals surface area contributed by atoms with Crippen LogP contribution in [0.3, 0.4) is 0 Å². The van der Waals surface area contributed by atoms with Crippen LogP contribution in [0.5, 0.6) is 5.75 Å². The number of nitrogens with one attached hydrogen (secondary N) is 1. The van der Waals surface area contributed by atoms with Crippen LogP contribution >= 0.6 is 0 Å². The molecule has 0 radical (unpaired) electrons. The molecule has 6 nitrogen and oxygen atoms in total. The van der Waals surface area contributed by atoms with Gasteiger partial charge >= 0.3 is 0 Å². The topological polar surface area (TPSA) is 102 Å². The van der Waals surface area contributed by atoms with Crippen molar-refractivity contribution in [1.29, 1.82) is 0 Å². The molecule has 1 aromatic rings. The zero-order chi connectivity index (χ0) is 20.6. The highest BCUT2D eigenvalue weighted by Crippen LogP contribution is 2.21. The van der Waals surface area contributed by atoms with E-state index >= 15 is 0 Å². The number of aliphatic hydroxyl groups excluding tert-OH is 1. The lowest BCUT2D eigenvalue weighted by Gasteiger charge is -2.21. The molecule has 1 rings (SSSR count). The maximum Gasteiger partial charge on any atom is 0.220 e. The molecule has 152 valence electrons. The number of rotatable bonds is 11. The van der Waals surface area contributed by atoms with Gasteiger partial charge in [0.1, 0.15) is 5.75 Å². The van der Waals surface area contributed by atoms with Crippen molar-refractivity contribution in [3.8, 4) is 5.75 Å². The molecule has 0 aromatic heterocycles. The van der Waals surface area contributed by atoms with Crippen molar-refractivity contribution in [2.24, 2.45) is 17.1 Å². The van der Waals surface area contributed by atoms with Gasteiger partial charge in [0.15, 0.2) is 5.78 Å². The normalized spacial score (nSPS) is 13.7. The van der Waals surface area contributed by atoms with Crippen LogP contribution in [0, 0.1) is 18.3 Å². The summed E-state index contributed by atoms with van der Waals surface area (Å²) in [6.07, 6.45) is 1.57. The van der Waals surface area contributed by atoms with E-state index in [4.69, 9.17) is 10.5 Å². The summed E-state index contributed by atoms with van der Waals surface area (Å²) >= 11 is 0. The van der Waals surface area contributed by atoms with Gasteiger partial charge in [-0.1, -0.05) is 32.9 Å². The Morgan fingerprint density at radius 3 is 2.56 bits per heavy atom. The Hall–Kier alpha value is -1.92. The van der Waals surface area contributed by atoms with Gasteiger partial charge in [-0.05, 0) is 42.7 Å². The summed E-state index contributed by atoms with van der Waals surface area (Å²) in [6, 6.07) is 4.77. The Bertz CT molecular complexity index is 643. The minimum atomic E-state index is -0.580. The van der Waals surface area contributed by atoms with Crippen molar-refractivity contribution in [3.05, 3.63) is 29.3 Å². The monoisotopic (exact) mass is 378 g/mol. The molecule has 0 aliphatic carbocycles. The van der Waals surface area contributed by atoms with Crippen LogP contribution in [0.1, 0.15) is 56.0 Å². The van der Waals surface area contributed by atoms with Crippen molar-refractivity contribution >= 4 is 11.7 Å². The first-order chi connectivity index (χ1) is 12.6. The van der Waals surface area contributed by atoms with E-state index in [1.165, 1.54) is 0 Å². The Kier molecular flexibility index (Phi) is 8.93. The average molecular weight is 379 g/mol. The van der Waals surface area contributed by atoms with E-state index in [0.717, 1.165) is 12.0 Å². The summed E-state index contributed by atoms with van der Waals surface area (Å²) in [5, 5.41) is 12.1.